The lowest BCUT2D eigenvalue weighted by molar-refractivity contribution is 0.425. The molecule has 2 heterocycles. The molecule has 19 heavy (non-hydrogen) atoms. The molecule has 1 aromatic heterocycles. The lowest BCUT2D eigenvalue weighted by Crippen LogP contribution is -2.33. The molecule has 8 heteroatoms. The van der Waals surface area contributed by atoms with Crippen molar-refractivity contribution in [3.63, 3.8) is 0 Å². The minimum absolute atomic E-state index is 0.110. The molecule has 0 saturated carbocycles. The Morgan fingerprint density at radius 2 is 2.05 bits per heavy atom. The molecule has 108 valence electrons. The average molecular weight is 287 g/mol. The van der Waals surface area contributed by atoms with Gasteiger partial charge in [-0.3, -0.25) is 0 Å². The van der Waals surface area contributed by atoms with Crippen molar-refractivity contribution in [3.05, 3.63) is 11.6 Å². The van der Waals surface area contributed by atoms with E-state index in [1.165, 1.54) is 6.26 Å². The topological polar surface area (TPSA) is 88.9 Å². The Balaban J connectivity index is 2.34. The van der Waals surface area contributed by atoms with Crippen LogP contribution in [-0.2, 0) is 23.0 Å². The van der Waals surface area contributed by atoms with Crippen LogP contribution in [0.15, 0.2) is 0 Å². The summed E-state index contributed by atoms with van der Waals surface area (Å²) < 4.78 is 27.7. The largest absolute Gasteiger partial charge is 0.315 e. The van der Waals surface area contributed by atoms with Crippen LogP contribution in [0.2, 0.25) is 0 Å². The minimum atomic E-state index is -3.28. The molecule has 0 fully saturated rings. The van der Waals surface area contributed by atoms with Crippen LogP contribution in [0.3, 0.4) is 0 Å². The number of nitrogens with one attached hydrogen (secondary N) is 2. The molecule has 0 amide bonds. The molecular weight excluding hydrogens is 266 g/mol. The molecule has 1 aliphatic heterocycles. The van der Waals surface area contributed by atoms with Crippen LogP contribution in [0.4, 0.5) is 0 Å². The first-order chi connectivity index (χ1) is 8.88. The molecule has 0 unspecified atom stereocenters. The molecule has 0 bridgehead atoms. The summed E-state index contributed by atoms with van der Waals surface area (Å²) in [5, 5.41) is 11.7. The molecule has 2 N–H and O–H groups in total. The first-order valence-electron chi connectivity index (χ1n) is 6.48. The molecule has 0 spiro atoms. The van der Waals surface area contributed by atoms with Crippen molar-refractivity contribution in [3.8, 4) is 0 Å². The fourth-order valence-electron chi connectivity index (χ4n) is 2.24. The zero-order valence-corrected chi connectivity index (χ0v) is 12.4. The number of hydrogen-bond donors (Lipinski definition) is 2. The molecule has 2 rings (SSSR count). The number of fused-ring (bicyclic) bond motifs is 1. The van der Waals surface area contributed by atoms with Gasteiger partial charge in [0.15, 0.2) is 5.82 Å². The maximum Gasteiger partial charge on any atom is 0.209 e. The predicted molar refractivity (Wildman–Crippen MR) is 72.2 cm³/mol. The Bertz CT molecular complexity index is 537. The van der Waals surface area contributed by atoms with Crippen LogP contribution in [0.1, 0.15) is 31.5 Å². The normalized spacial score (nSPS) is 18.1. The molecule has 0 radical (unpaired) electrons. The van der Waals surface area contributed by atoms with E-state index in [-0.39, 0.29) is 12.0 Å². The number of aromatic nitrogens is 3. The summed E-state index contributed by atoms with van der Waals surface area (Å²) in [6.45, 7) is 6.44. The summed E-state index contributed by atoms with van der Waals surface area (Å²) in [6, 6.07) is -0.339. The van der Waals surface area contributed by atoms with E-state index in [0.717, 1.165) is 31.9 Å². The van der Waals surface area contributed by atoms with E-state index in [1.54, 1.807) is 0 Å². The fourth-order valence-corrected chi connectivity index (χ4v) is 3.08. The van der Waals surface area contributed by atoms with E-state index in [2.05, 4.69) is 20.2 Å². The third-order valence-corrected chi connectivity index (χ3v) is 3.86. The van der Waals surface area contributed by atoms with Crippen molar-refractivity contribution in [2.45, 2.75) is 32.9 Å². The number of nitrogens with zero attached hydrogens (tertiary/aromatic N) is 3. The number of hydrogen-bond acceptors (Lipinski definition) is 5. The van der Waals surface area contributed by atoms with Crippen molar-refractivity contribution in [2.75, 3.05) is 19.3 Å². The molecule has 1 atom stereocenters. The van der Waals surface area contributed by atoms with Gasteiger partial charge in [-0.25, -0.2) is 13.1 Å². The van der Waals surface area contributed by atoms with Crippen molar-refractivity contribution >= 4 is 10.0 Å². The van der Waals surface area contributed by atoms with Crippen LogP contribution in [0.25, 0.3) is 0 Å². The predicted octanol–water partition coefficient (Wildman–Crippen LogP) is -0.330. The van der Waals surface area contributed by atoms with E-state index in [9.17, 15) is 8.42 Å². The lowest BCUT2D eigenvalue weighted by Gasteiger charge is -2.21. The summed E-state index contributed by atoms with van der Waals surface area (Å²) in [6.07, 6.45) is 1.99. The molecule has 7 nitrogen and oxygen atoms in total. The second kappa shape index (κ2) is 5.56. The Morgan fingerprint density at radius 3 is 2.68 bits per heavy atom. The lowest BCUT2D eigenvalue weighted by atomic mass is 10.1. The highest BCUT2D eigenvalue weighted by atomic mass is 32.2. The van der Waals surface area contributed by atoms with Crippen molar-refractivity contribution in [1.29, 1.82) is 0 Å². The molecule has 1 aromatic rings. The fraction of sp³-hybridized carbons (Fsp3) is 0.818. The van der Waals surface area contributed by atoms with Crippen molar-refractivity contribution in [1.82, 2.24) is 24.8 Å². The van der Waals surface area contributed by atoms with E-state index in [1.807, 2.05) is 18.4 Å². The monoisotopic (exact) mass is 287 g/mol. The molecule has 0 aromatic carbocycles. The van der Waals surface area contributed by atoms with Crippen molar-refractivity contribution < 1.29 is 8.42 Å². The van der Waals surface area contributed by atoms with E-state index in [4.69, 9.17) is 0 Å². The molecular formula is C11H21N5O2S. The van der Waals surface area contributed by atoms with Gasteiger partial charge in [0.2, 0.25) is 10.0 Å². The van der Waals surface area contributed by atoms with Gasteiger partial charge in [-0.15, -0.1) is 10.2 Å². The van der Waals surface area contributed by atoms with Gasteiger partial charge in [-0.05, 0) is 5.92 Å². The van der Waals surface area contributed by atoms with Crippen LogP contribution >= 0.6 is 0 Å². The minimum Gasteiger partial charge on any atom is -0.315 e. The molecule has 0 aliphatic carbocycles. The van der Waals surface area contributed by atoms with Crippen LogP contribution in [0.5, 0.6) is 0 Å². The highest BCUT2D eigenvalue weighted by Gasteiger charge is 2.27. The van der Waals surface area contributed by atoms with Crippen molar-refractivity contribution in [2.24, 2.45) is 5.92 Å². The zero-order valence-electron chi connectivity index (χ0n) is 11.5. The van der Waals surface area contributed by atoms with Crippen LogP contribution < -0.4 is 10.0 Å². The van der Waals surface area contributed by atoms with Gasteiger partial charge in [0.05, 0.1) is 12.3 Å². The summed E-state index contributed by atoms with van der Waals surface area (Å²) in [7, 11) is -3.28. The highest BCUT2D eigenvalue weighted by Crippen LogP contribution is 2.22. The van der Waals surface area contributed by atoms with Gasteiger partial charge in [0.25, 0.3) is 0 Å². The Labute approximate surface area is 113 Å². The maximum absolute atomic E-state index is 11.5. The first-order valence-corrected chi connectivity index (χ1v) is 8.37. The van der Waals surface area contributed by atoms with Gasteiger partial charge in [-0.1, -0.05) is 13.8 Å². The van der Waals surface area contributed by atoms with Crippen LogP contribution in [0, 0.1) is 5.92 Å². The Kier molecular flexibility index (Phi) is 4.22. The Morgan fingerprint density at radius 1 is 1.32 bits per heavy atom. The zero-order chi connectivity index (χ0) is 14.0. The maximum atomic E-state index is 11.5. The number of rotatable bonds is 4. The third-order valence-electron chi connectivity index (χ3n) is 3.18. The molecule has 1 aliphatic rings. The summed E-state index contributed by atoms with van der Waals surface area (Å²) in [4.78, 5) is 0. The van der Waals surface area contributed by atoms with Crippen LogP contribution in [-0.4, -0.2) is 42.5 Å². The van der Waals surface area contributed by atoms with E-state index >= 15 is 0 Å². The van der Waals surface area contributed by atoms with Gasteiger partial charge in [0.1, 0.15) is 5.82 Å². The van der Waals surface area contributed by atoms with E-state index in [0.29, 0.717) is 5.82 Å². The summed E-state index contributed by atoms with van der Waals surface area (Å²) >= 11 is 0. The standard InChI is InChI=1S/C11H21N5O2S/c1-8(2)10(15-19(3,17)18)11-14-13-9-4-5-12-6-7-16(9)11/h8,10,12,15H,4-7H2,1-3H3/t10-/m0/s1. The third kappa shape index (κ3) is 3.52. The average Bonchev–Trinajstić information content (AvgIpc) is 2.54. The Hall–Kier alpha value is -0.990. The number of sulfonamides is 1. The molecule has 0 saturated heterocycles. The first kappa shape index (κ1) is 14.4. The van der Waals surface area contributed by atoms with Gasteiger partial charge in [-0.2, -0.15) is 0 Å². The SMILES string of the molecule is CC(C)[C@H](NS(C)(=O)=O)c1nnc2n1CCNCC2. The highest BCUT2D eigenvalue weighted by molar-refractivity contribution is 7.88. The second-order valence-corrected chi connectivity index (χ2v) is 7.02. The summed E-state index contributed by atoms with van der Waals surface area (Å²) in [5.74, 6) is 1.74. The smallest absolute Gasteiger partial charge is 0.209 e. The van der Waals surface area contributed by atoms with Gasteiger partial charge >= 0.3 is 0 Å². The van der Waals surface area contributed by atoms with Gasteiger partial charge < -0.3 is 9.88 Å². The van der Waals surface area contributed by atoms with Gasteiger partial charge in [0, 0.05) is 26.1 Å². The quantitative estimate of drug-likeness (QED) is 0.791. The summed E-state index contributed by atoms with van der Waals surface area (Å²) in [5.41, 5.74) is 0. The van der Waals surface area contributed by atoms with E-state index < -0.39 is 10.0 Å². The second-order valence-electron chi connectivity index (χ2n) is 5.24.